The molecule has 0 radical (unpaired) electrons. The zero-order valence-electron chi connectivity index (χ0n) is 17.5. The molecule has 1 amide bonds. The fourth-order valence-corrected chi connectivity index (χ4v) is 6.45. The molecule has 1 aliphatic heterocycles. The molecule has 2 N–H and O–H groups in total. The highest BCUT2D eigenvalue weighted by Gasteiger charge is 2.42. The first kappa shape index (κ1) is 23.6. The maximum atomic E-state index is 13.5. The Balaban J connectivity index is 1.61. The monoisotopic (exact) mass is 509 g/mol. The van der Waals surface area contributed by atoms with Crippen LogP contribution in [-0.4, -0.2) is 41.0 Å². The zero-order valence-corrected chi connectivity index (χ0v) is 19.9. The number of nitrogens with zero attached hydrogens (tertiary/aromatic N) is 3. The number of hydrogen-bond donors (Lipinski definition) is 2. The number of rotatable bonds is 6. The second kappa shape index (κ2) is 9.35. The van der Waals surface area contributed by atoms with Gasteiger partial charge in [0.05, 0.1) is 17.3 Å². The van der Waals surface area contributed by atoms with E-state index in [0.717, 1.165) is 25.7 Å². The van der Waals surface area contributed by atoms with Crippen LogP contribution in [0.5, 0.6) is 0 Å². The summed E-state index contributed by atoms with van der Waals surface area (Å²) in [6.45, 7) is 3.56. The number of carbonyl (C=O) groups is 1. The quantitative estimate of drug-likeness (QED) is 0.495. The van der Waals surface area contributed by atoms with Gasteiger partial charge in [-0.05, 0) is 36.8 Å². The van der Waals surface area contributed by atoms with Crippen LogP contribution in [0.3, 0.4) is 0 Å². The maximum Gasteiger partial charge on any atom is 0.281 e. The van der Waals surface area contributed by atoms with Gasteiger partial charge in [-0.25, -0.2) is 4.39 Å². The molecule has 1 aromatic carbocycles. The van der Waals surface area contributed by atoms with Gasteiger partial charge in [0.15, 0.2) is 0 Å². The number of thiophene rings is 1. The molecular formula is C21H21ClFN5O3S2. The van der Waals surface area contributed by atoms with Crippen molar-refractivity contribution in [3.05, 3.63) is 71.1 Å². The Morgan fingerprint density at radius 3 is 2.88 bits per heavy atom. The molecule has 2 unspecified atom stereocenters. The number of aromatic nitrogens is 2. The van der Waals surface area contributed by atoms with Crippen molar-refractivity contribution >= 4 is 44.7 Å². The molecule has 1 saturated heterocycles. The first-order valence-electron chi connectivity index (χ1n) is 9.92. The largest absolute Gasteiger partial charge is 0.325 e. The lowest BCUT2D eigenvalue weighted by Crippen LogP contribution is -2.57. The van der Waals surface area contributed by atoms with E-state index in [-0.39, 0.29) is 23.7 Å². The highest BCUT2D eigenvalue weighted by atomic mass is 35.5. The van der Waals surface area contributed by atoms with Gasteiger partial charge in [0.25, 0.3) is 10.2 Å². The minimum absolute atomic E-state index is 0.0459. The van der Waals surface area contributed by atoms with Crippen LogP contribution in [0.25, 0.3) is 10.4 Å². The van der Waals surface area contributed by atoms with E-state index in [2.05, 4.69) is 21.7 Å². The third kappa shape index (κ3) is 5.02. The summed E-state index contributed by atoms with van der Waals surface area (Å²) in [5, 5.41) is 6.67. The Kier molecular flexibility index (Phi) is 6.68. The lowest BCUT2D eigenvalue weighted by molar-refractivity contribution is -0.120. The van der Waals surface area contributed by atoms with Crippen molar-refractivity contribution in [3.63, 3.8) is 0 Å². The van der Waals surface area contributed by atoms with E-state index < -0.39 is 34.0 Å². The number of benzene rings is 1. The van der Waals surface area contributed by atoms with Crippen LogP contribution < -0.4 is 10.0 Å². The van der Waals surface area contributed by atoms with E-state index >= 15 is 0 Å². The van der Waals surface area contributed by atoms with Crippen LogP contribution in [0.2, 0.25) is 5.02 Å². The number of hydrogen-bond acceptors (Lipinski definition) is 5. The molecule has 2 aromatic heterocycles. The standard InChI is InChI=1S/C21H21ClFN5O3S2/c1-3-8-28-18(21(29)25-14-4-5-16(23)15(22)9-14)10-17(26-33(28,30)31)20-7-6-19(32-20)13-11-24-27(2)12-13/h3-7,9,11-12,17-18,26H,1,8,10H2,2H3,(H,25,29). The van der Waals surface area contributed by atoms with Crippen LogP contribution in [-0.2, 0) is 22.1 Å². The lowest BCUT2D eigenvalue weighted by Gasteiger charge is -2.37. The van der Waals surface area contributed by atoms with Crippen molar-refractivity contribution in [2.75, 3.05) is 11.9 Å². The second-order valence-electron chi connectivity index (χ2n) is 7.51. The van der Waals surface area contributed by atoms with Gasteiger partial charge in [-0.2, -0.15) is 22.5 Å². The summed E-state index contributed by atoms with van der Waals surface area (Å²) in [7, 11) is -2.16. The third-order valence-electron chi connectivity index (χ3n) is 5.16. The van der Waals surface area contributed by atoms with Gasteiger partial charge in [-0.3, -0.25) is 9.48 Å². The summed E-state index contributed by atoms with van der Waals surface area (Å²) in [6.07, 6.45) is 5.22. The molecule has 4 rings (SSSR count). The molecule has 3 aromatic rings. The summed E-state index contributed by atoms with van der Waals surface area (Å²) >= 11 is 7.24. The number of anilines is 1. The van der Waals surface area contributed by atoms with Crippen LogP contribution in [0.1, 0.15) is 17.3 Å². The highest BCUT2D eigenvalue weighted by Crippen LogP contribution is 2.36. The van der Waals surface area contributed by atoms with E-state index in [1.807, 2.05) is 25.4 Å². The van der Waals surface area contributed by atoms with Gasteiger partial charge >= 0.3 is 0 Å². The van der Waals surface area contributed by atoms with E-state index in [1.54, 1.807) is 10.9 Å². The van der Waals surface area contributed by atoms with Crippen molar-refractivity contribution in [3.8, 4) is 10.4 Å². The number of halogens is 2. The molecule has 1 fully saturated rings. The normalized spacial score (nSPS) is 20.5. The summed E-state index contributed by atoms with van der Waals surface area (Å²) in [5.41, 5.74) is 1.19. The van der Waals surface area contributed by atoms with Crippen LogP contribution in [0.4, 0.5) is 10.1 Å². The third-order valence-corrected chi connectivity index (χ3v) is 8.31. The smallest absolute Gasteiger partial charge is 0.281 e. The summed E-state index contributed by atoms with van der Waals surface area (Å²) in [6, 6.07) is 5.91. The van der Waals surface area contributed by atoms with E-state index in [4.69, 9.17) is 11.6 Å². The Hall–Kier alpha value is -2.57. The fraction of sp³-hybridized carbons (Fsp3) is 0.238. The molecule has 174 valence electrons. The summed E-state index contributed by atoms with van der Waals surface area (Å²) in [5.74, 6) is -1.16. The minimum Gasteiger partial charge on any atom is -0.325 e. The van der Waals surface area contributed by atoms with Gasteiger partial charge in [-0.1, -0.05) is 17.7 Å². The van der Waals surface area contributed by atoms with Crippen LogP contribution >= 0.6 is 22.9 Å². The molecule has 0 spiro atoms. The van der Waals surface area contributed by atoms with Crippen LogP contribution in [0, 0.1) is 5.82 Å². The van der Waals surface area contributed by atoms with Crippen molar-refractivity contribution in [1.29, 1.82) is 0 Å². The predicted molar refractivity (Wildman–Crippen MR) is 127 cm³/mol. The minimum atomic E-state index is -3.98. The lowest BCUT2D eigenvalue weighted by atomic mass is 10.0. The molecule has 2 atom stereocenters. The SMILES string of the molecule is C=CCN1C(C(=O)Nc2ccc(F)c(Cl)c2)CC(c2ccc(-c3cnn(C)c3)s2)NS1(=O)=O. The molecule has 3 heterocycles. The maximum absolute atomic E-state index is 13.5. The molecule has 12 heteroatoms. The Labute approximate surface area is 199 Å². The van der Waals surface area contributed by atoms with Gasteiger partial charge in [0, 0.05) is 40.8 Å². The number of carbonyl (C=O) groups excluding carboxylic acids is 1. The van der Waals surface area contributed by atoms with Crippen molar-refractivity contribution in [1.82, 2.24) is 18.8 Å². The van der Waals surface area contributed by atoms with Crippen molar-refractivity contribution < 1.29 is 17.6 Å². The molecule has 1 aliphatic rings. The van der Waals surface area contributed by atoms with Crippen molar-refractivity contribution in [2.45, 2.75) is 18.5 Å². The van der Waals surface area contributed by atoms with Gasteiger partial charge < -0.3 is 5.32 Å². The van der Waals surface area contributed by atoms with Gasteiger partial charge in [-0.15, -0.1) is 17.9 Å². The second-order valence-corrected chi connectivity index (χ2v) is 10.7. The zero-order chi connectivity index (χ0) is 23.8. The molecular weight excluding hydrogens is 489 g/mol. The molecule has 0 saturated carbocycles. The summed E-state index contributed by atoms with van der Waals surface area (Å²) < 4.78 is 44.9. The Morgan fingerprint density at radius 1 is 1.42 bits per heavy atom. The first-order valence-corrected chi connectivity index (χ1v) is 12.6. The number of amides is 1. The Bertz CT molecular complexity index is 1310. The summed E-state index contributed by atoms with van der Waals surface area (Å²) in [4.78, 5) is 14.8. The molecule has 33 heavy (non-hydrogen) atoms. The molecule has 0 bridgehead atoms. The first-order chi connectivity index (χ1) is 15.7. The van der Waals surface area contributed by atoms with E-state index in [0.29, 0.717) is 0 Å². The average Bonchev–Trinajstić information content (AvgIpc) is 3.41. The average molecular weight is 510 g/mol. The topological polar surface area (TPSA) is 96.3 Å². The van der Waals surface area contributed by atoms with Crippen LogP contribution in [0.15, 0.2) is 55.4 Å². The van der Waals surface area contributed by atoms with E-state index in [1.165, 1.54) is 29.5 Å². The molecule has 8 nitrogen and oxygen atoms in total. The Morgan fingerprint density at radius 2 is 2.21 bits per heavy atom. The van der Waals surface area contributed by atoms with Gasteiger partial charge in [0.2, 0.25) is 5.91 Å². The molecule has 0 aliphatic carbocycles. The fourth-order valence-electron chi connectivity index (χ4n) is 3.61. The van der Waals surface area contributed by atoms with Gasteiger partial charge in [0.1, 0.15) is 11.9 Å². The van der Waals surface area contributed by atoms with E-state index in [9.17, 15) is 17.6 Å². The predicted octanol–water partition coefficient (Wildman–Crippen LogP) is 3.72. The highest BCUT2D eigenvalue weighted by molar-refractivity contribution is 7.87. The number of nitrogens with one attached hydrogen (secondary N) is 2. The number of aryl methyl sites for hydroxylation is 1. The van der Waals surface area contributed by atoms with Crippen molar-refractivity contribution in [2.24, 2.45) is 7.05 Å².